The predicted octanol–water partition coefficient (Wildman–Crippen LogP) is 2.79. The van der Waals surface area contributed by atoms with Crippen LogP contribution in [0.4, 0.5) is 5.69 Å². The number of carbonyl (C=O) groups excluding carboxylic acids is 1. The van der Waals surface area contributed by atoms with Crippen molar-refractivity contribution in [2.75, 3.05) is 5.73 Å². The highest BCUT2D eigenvalue weighted by molar-refractivity contribution is 6.03. The van der Waals surface area contributed by atoms with E-state index in [0.717, 1.165) is 17.0 Å². The predicted molar refractivity (Wildman–Crippen MR) is 70.0 cm³/mol. The van der Waals surface area contributed by atoms with Crippen molar-refractivity contribution in [2.24, 2.45) is 7.05 Å². The summed E-state index contributed by atoms with van der Waals surface area (Å²) >= 11 is 0. The van der Waals surface area contributed by atoms with Gasteiger partial charge in [0.05, 0.1) is 16.9 Å². The van der Waals surface area contributed by atoms with E-state index in [1.54, 1.807) is 6.92 Å². The van der Waals surface area contributed by atoms with E-state index in [1.165, 1.54) is 0 Å². The van der Waals surface area contributed by atoms with Gasteiger partial charge in [-0.2, -0.15) is 0 Å². The molecule has 3 heteroatoms. The van der Waals surface area contributed by atoms with E-state index < -0.39 is 0 Å². The zero-order valence-corrected chi connectivity index (χ0v) is 10.3. The maximum Gasteiger partial charge on any atom is 0.163 e. The largest absolute Gasteiger partial charge is 0.396 e. The van der Waals surface area contributed by atoms with Gasteiger partial charge in [-0.1, -0.05) is 30.3 Å². The fourth-order valence-electron chi connectivity index (χ4n) is 2.22. The summed E-state index contributed by atoms with van der Waals surface area (Å²) in [7, 11) is 1.93. The van der Waals surface area contributed by atoms with Crippen LogP contribution in [-0.2, 0) is 7.05 Å². The van der Waals surface area contributed by atoms with Crippen molar-refractivity contribution in [3.63, 3.8) is 0 Å². The molecule has 88 valence electrons. The minimum atomic E-state index is 0.0118. The second-order valence-electron chi connectivity index (χ2n) is 4.20. The Kier molecular flexibility index (Phi) is 2.76. The monoisotopic (exact) mass is 228 g/mol. The second kappa shape index (κ2) is 4.09. The second-order valence-corrected chi connectivity index (χ2v) is 4.20. The first-order valence-corrected chi connectivity index (χ1v) is 5.55. The van der Waals surface area contributed by atoms with Gasteiger partial charge in [0.15, 0.2) is 5.78 Å². The summed E-state index contributed by atoms with van der Waals surface area (Å²) in [4.78, 5) is 11.6. The number of anilines is 1. The Morgan fingerprint density at radius 1 is 1.24 bits per heavy atom. The van der Waals surface area contributed by atoms with Crippen LogP contribution in [0.2, 0.25) is 0 Å². The minimum absolute atomic E-state index is 0.0118. The van der Waals surface area contributed by atoms with Crippen LogP contribution in [0.5, 0.6) is 0 Å². The van der Waals surface area contributed by atoms with E-state index in [4.69, 9.17) is 5.73 Å². The van der Waals surface area contributed by atoms with E-state index in [0.29, 0.717) is 11.3 Å². The number of hydrogen-bond acceptors (Lipinski definition) is 2. The smallest absolute Gasteiger partial charge is 0.163 e. The fourth-order valence-corrected chi connectivity index (χ4v) is 2.22. The SMILES string of the molecule is CC(=O)c1c(N)c(-c2ccccc2)n(C)c1C. The highest BCUT2D eigenvalue weighted by Crippen LogP contribution is 2.33. The van der Waals surface area contributed by atoms with Gasteiger partial charge in [0, 0.05) is 18.3 Å². The molecular weight excluding hydrogens is 212 g/mol. The molecule has 2 rings (SSSR count). The molecule has 2 aromatic rings. The first kappa shape index (κ1) is 11.5. The van der Waals surface area contributed by atoms with Gasteiger partial charge in [-0.05, 0) is 13.8 Å². The molecule has 1 aromatic heterocycles. The summed E-state index contributed by atoms with van der Waals surface area (Å²) in [5.74, 6) is 0.0118. The molecule has 0 atom stereocenters. The van der Waals surface area contributed by atoms with Gasteiger partial charge in [0.1, 0.15) is 0 Å². The molecule has 0 aliphatic carbocycles. The highest BCUT2D eigenvalue weighted by Gasteiger charge is 2.19. The number of Topliss-reactive ketones (excluding diaryl/α,β-unsaturated/α-hetero) is 1. The van der Waals surface area contributed by atoms with E-state index in [9.17, 15) is 4.79 Å². The first-order chi connectivity index (χ1) is 8.04. The maximum absolute atomic E-state index is 11.6. The lowest BCUT2D eigenvalue weighted by molar-refractivity contribution is 0.101. The van der Waals surface area contributed by atoms with Gasteiger partial charge >= 0.3 is 0 Å². The third-order valence-electron chi connectivity index (χ3n) is 3.12. The number of hydrogen-bond donors (Lipinski definition) is 1. The van der Waals surface area contributed by atoms with Crippen LogP contribution in [-0.4, -0.2) is 10.4 Å². The standard InChI is InChI=1S/C14H16N2O/c1-9-12(10(2)17)13(15)14(16(9)3)11-7-5-4-6-8-11/h4-8H,15H2,1-3H3. The first-order valence-electron chi connectivity index (χ1n) is 5.55. The quantitative estimate of drug-likeness (QED) is 0.803. The lowest BCUT2D eigenvalue weighted by Crippen LogP contribution is -1.98. The third kappa shape index (κ3) is 1.73. The lowest BCUT2D eigenvalue weighted by atomic mass is 10.1. The number of carbonyl (C=O) groups is 1. The highest BCUT2D eigenvalue weighted by atomic mass is 16.1. The van der Waals surface area contributed by atoms with Gasteiger partial charge in [-0.15, -0.1) is 0 Å². The molecule has 0 fully saturated rings. The van der Waals surface area contributed by atoms with Crippen LogP contribution in [0.1, 0.15) is 23.0 Å². The normalized spacial score (nSPS) is 10.5. The maximum atomic E-state index is 11.6. The number of nitrogen functional groups attached to an aromatic ring is 1. The van der Waals surface area contributed by atoms with Crippen LogP contribution in [0.15, 0.2) is 30.3 Å². The Bertz CT molecular complexity index is 568. The molecule has 0 radical (unpaired) electrons. The average molecular weight is 228 g/mol. The summed E-state index contributed by atoms with van der Waals surface area (Å²) in [6, 6.07) is 9.88. The molecule has 2 N–H and O–H groups in total. The van der Waals surface area contributed by atoms with Crippen LogP contribution in [0.3, 0.4) is 0 Å². The molecule has 1 heterocycles. The van der Waals surface area contributed by atoms with Gasteiger partial charge < -0.3 is 10.3 Å². The molecule has 3 nitrogen and oxygen atoms in total. The van der Waals surface area contributed by atoms with Crippen LogP contribution >= 0.6 is 0 Å². The van der Waals surface area contributed by atoms with Crippen LogP contribution in [0.25, 0.3) is 11.3 Å². The molecule has 0 unspecified atom stereocenters. The van der Waals surface area contributed by atoms with Crippen molar-refractivity contribution in [2.45, 2.75) is 13.8 Å². The van der Waals surface area contributed by atoms with Crippen molar-refractivity contribution >= 4 is 11.5 Å². The van der Waals surface area contributed by atoms with Crippen molar-refractivity contribution in [1.29, 1.82) is 0 Å². The third-order valence-corrected chi connectivity index (χ3v) is 3.12. The lowest BCUT2D eigenvalue weighted by Gasteiger charge is -2.05. The van der Waals surface area contributed by atoms with E-state index in [2.05, 4.69) is 0 Å². The number of ketones is 1. The molecule has 0 bridgehead atoms. The van der Waals surface area contributed by atoms with Gasteiger partial charge in [0.25, 0.3) is 0 Å². The molecule has 1 aromatic carbocycles. The van der Waals surface area contributed by atoms with Crippen molar-refractivity contribution < 1.29 is 4.79 Å². The summed E-state index contributed by atoms with van der Waals surface area (Å²) in [5.41, 5.74) is 10.2. The molecule has 0 aliphatic rings. The summed E-state index contributed by atoms with van der Waals surface area (Å²) < 4.78 is 1.97. The number of aromatic nitrogens is 1. The van der Waals surface area contributed by atoms with E-state index in [-0.39, 0.29) is 5.78 Å². The molecule has 17 heavy (non-hydrogen) atoms. The van der Waals surface area contributed by atoms with E-state index in [1.807, 2.05) is 48.9 Å². The summed E-state index contributed by atoms with van der Waals surface area (Å²) in [6.45, 7) is 3.47. The van der Waals surface area contributed by atoms with Crippen molar-refractivity contribution in [3.05, 3.63) is 41.6 Å². The molecule has 0 aliphatic heterocycles. The average Bonchev–Trinajstić information content (AvgIpc) is 2.51. The Morgan fingerprint density at radius 2 is 1.82 bits per heavy atom. The summed E-state index contributed by atoms with van der Waals surface area (Å²) in [6.07, 6.45) is 0. The number of nitrogens with two attached hydrogens (primary N) is 1. The fraction of sp³-hybridized carbons (Fsp3) is 0.214. The van der Waals surface area contributed by atoms with E-state index >= 15 is 0 Å². The Morgan fingerprint density at radius 3 is 2.29 bits per heavy atom. The van der Waals surface area contributed by atoms with Gasteiger partial charge in [-0.25, -0.2) is 0 Å². The number of rotatable bonds is 2. The van der Waals surface area contributed by atoms with Crippen LogP contribution < -0.4 is 5.73 Å². The summed E-state index contributed by atoms with van der Waals surface area (Å²) in [5, 5.41) is 0. The minimum Gasteiger partial charge on any atom is -0.396 e. The number of nitrogens with zero attached hydrogens (tertiary/aromatic N) is 1. The Hall–Kier alpha value is -2.03. The van der Waals surface area contributed by atoms with Crippen LogP contribution in [0, 0.1) is 6.92 Å². The molecule has 0 amide bonds. The zero-order valence-electron chi connectivity index (χ0n) is 10.3. The molecule has 0 saturated carbocycles. The molecule has 0 saturated heterocycles. The topological polar surface area (TPSA) is 48.0 Å². The molecule has 0 spiro atoms. The Balaban J connectivity index is 2.72. The van der Waals surface area contributed by atoms with Crippen molar-refractivity contribution in [3.8, 4) is 11.3 Å². The van der Waals surface area contributed by atoms with Gasteiger partial charge in [-0.3, -0.25) is 4.79 Å². The Labute approximate surface area is 101 Å². The number of benzene rings is 1. The van der Waals surface area contributed by atoms with Crippen molar-refractivity contribution in [1.82, 2.24) is 4.57 Å². The van der Waals surface area contributed by atoms with Gasteiger partial charge in [0.2, 0.25) is 0 Å². The zero-order chi connectivity index (χ0) is 12.6. The molecular formula is C14H16N2O.